The molecule has 2 heterocycles. The third kappa shape index (κ3) is 6.36. The fraction of sp³-hybridized carbons (Fsp3) is 0.458. The van der Waals surface area contributed by atoms with Crippen molar-refractivity contribution in [2.75, 3.05) is 11.9 Å². The molecule has 0 atom stereocenters. The highest BCUT2D eigenvalue weighted by Crippen LogP contribution is 2.39. The molecule has 40 heavy (non-hydrogen) atoms. The van der Waals surface area contributed by atoms with Gasteiger partial charge in [0.25, 0.3) is 12.3 Å². The maximum Gasteiger partial charge on any atom is 0.418 e. The summed E-state index contributed by atoms with van der Waals surface area (Å²) in [6, 6.07) is 2.81. The minimum atomic E-state index is -4.91. The van der Waals surface area contributed by atoms with Crippen LogP contribution in [-0.2, 0) is 13.2 Å². The molecule has 1 fully saturated rings. The highest BCUT2D eigenvalue weighted by Gasteiger charge is 2.41. The molecule has 16 heteroatoms. The quantitative estimate of drug-likeness (QED) is 0.317. The van der Waals surface area contributed by atoms with E-state index < -0.39 is 66.2 Å². The first kappa shape index (κ1) is 29.3. The Morgan fingerprint density at radius 2 is 1.77 bits per heavy atom. The SMILES string of the molecule is Cn1c(Nc2c(F)cccc2C(F)(F)F)nc2cc(C(=O)NC3CCC(C(F)(F)F)CC3)c(OCC(F)F)nc21. The maximum atomic E-state index is 14.4. The molecule has 1 aliphatic carbocycles. The third-order valence-corrected chi connectivity index (χ3v) is 6.48. The smallest absolute Gasteiger partial charge is 0.418 e. The molecule has 1 saturated carbocycles. The molecule has 0 saturated heterocycles. The lowest BCUT2D eigenvalue weighted by Crippen LogP contribution is -2.40. The summed E-state index contributed by atoms with van der Waals surface area (Å²) < 4.78 is 125. The summed E-state index contributed by atoms with van der Waals surface area (Å²) in [4.78, 5) is 21.1. The number of para-hydroxylation sites is 1. The number of amides is 1. The summed E-state index contributed by atoms with van der Waals surface area (Å²) in [7, 11) is 1.30. The average molecular weight is 583 g/mol. The lowest BCUT2D eigenvalue weighted by Gasteiger charge is -2.30. The predicted molar refractivity (Wildman–Crippen MR) is 124 cm³/mol. The second kappa shape index (κ2) is 11.0. The van der Waals surface area contributed by atoms with Crippen LogP contribution in [0.15, 0.2) is 24.3 Å². The van der Waals surface area contributed by atoms with E-state index in [1.54, 1.807) is 0 Å². The molecule has 0 unspecified atom stereocenters. The summed E-state index contributed by atoms with van der Waals surface area (Å²) in [6.07, 6.45) is -12.6. The Hall–Kier alpha value is -3.72. The first-order chi connectivity index (χ1) is 18.6. The maximum absolute atomic E-state index is 14.4. The van der Waals surface area contributed by atoms with E-state index in [1.165, 1.54) is 7.05 Å². The van der Waals surface area contributed by atoms with E-state index in [4.69, 9.17) is 4.74 Å². The minimum absolute atomic E-state index is 0.0284. The van der Waals surface area contributed by atoms with Gasteiger partial charge in [0, 0.05) is 13.1 Å². The number of imidazole rings is 1. The van der Waals surface area contributed by atoms with Gasteiger partial charge in [0.15, 0.2) is 12.3 Å². The highest BCUT2D eigenvalue weighted by atomic mass is 19.4. The molecule has 0 bridgehead atoms. The van der Waals surface area contributed by atoms with Crippen molar-refractivity contribution in [1.29, 1.82) is 0 Å². The number of hydrogen-bond donors (Lipinski definition) is 2. The van der Waals surface area contributed by atoms with Crippen molar-refractivity contribution in [1.82, 2.24) is 19.9 Å². The summed E-state index contributed by atoms with van der Waals surface area (Å²) in [5, 5.41) is 4.82. The van der Waals surface area contributed by atoms with Crippen LogP contribution < -0.4 is 15.4 Å². The number of nitrogens with one attached hydrogen (secondary N) is 2. The van der Waals surface area contributed by atoms with Crippen LogP contribution in [0.25, 0.3) is 11.2 Å². The second-order valence-electron chi connectivity index (χ2n) is 9.23. The number of halogens is 9. The molecule has 0 aliphatic heterocycles. The monoisotopic (exact) mass is 583 g/mol. The number of aromatic nitrogens is 3. The Labute approximate surface area is 220 Å². The molecular weight excluding hydrogens is 561 g/mol. The average Bonchev–Trinajstić information content (AvgIpc) is 3.16. The zero-order valence-electron chi connectivity index (χ0n) is 20.6. The van der Waals surface area contributed by atoms with Crippen molar-refractivity contribution in [3.63, 3.8) is 0 Å². The number of alkyl halides is 8. The molecule has 4 rings (SSSR count). The van der Waals surface area contributed by atoms with Crippen LogP contribution >= 0.6 is 0 Å². The van der Waals surface area contributed by atoms with Crippen LogP contribution in [0.2, 0.25) is 0 Å². The number of anilines is 2. The van der Waals surface area contributed by atoms with Gasteiger partial charge >= 0.3 is 12.4 Å². The number of carbonyl (C=O) groups is 1. The van der Waals surface area contributed by atoms with Crippen molar-refractivity contribution in [2.45, 2.75) is 50.5 Å². The van der Waals surface area contributed by atoms with Gasteiger partial charge in [-0.2, -0.15) is 31.3 Å². The number of pyridine rings is 1. The first-order valence-electron chi connectivity index (χ1n) is 11.9. The van der Waals surface area contributed by atoms with Crippen LogP contribution in [0, 0.1) is 11.7 Å². The van der Waals surface area contributed by atoms with Gasteiger partial charge in [-0.3, -0.25) is 9.36 Å². The zero-order valence-corrected chi connectivity index (χ0v) is 20.6. The van der Waals surface area contributed by atoms with Gasteiger partial charge in [-0.05, 0) is 43.9 Å². The van der Waals surface area contributed by atoms with E-state index in [0.29, 0.717) is 6.07 Å². The number of ether oxygens (including phenoxy) is 1. The number of fused-ring (bicyclic) bond motifs is 1. The second-order valence-corrected chi connectivity index (χ2v) is 9.23. The lowest BCUT2D eigenvalue weighted by atomic mass is 9.85. The van der Waals surface area contributed by atoms with Gasteiger partial charge in [-0.15, -0.1) is 0 Å². The number of carbonyl (C=O) groups excluding carboxylic acids is 1. The summed E-state index contributed by atoms with van der Waals surface area (Å²) in [5.74, 6) is -4.46. The molecule has 3 aromatic rings. The van der Waals surface area contributed by atoms with Gasteiger partial charge in [-0.1, -0.05) is 6.07 Å². The van der Waals surface area contributed by atoms with Crippen molar-refractivity contribution < 1.29 is 49.0 Å². The number of nitrogens with zero attached hydrogens (tertiary/aromatic N) is 3. The highest BCUT2D eigenvalue weighted by molar-refractivity contribution is 5.99. The molecule has 1 amide bonds. The van der Waals surface area contributed by atoms with Gasteiger partial charge < -0.3 is 15.4 Å². The minimum Gasteiger partial charge on any atom is -0.471 e. The van der Waals surface area contributed by atoms with Crippen molar-refractivity contribution >= 4 is 28.7 Å². The van der Waals surface area contributed by atoms with E-state index in [9.17, 15) is 44.3 Å². The zero-order chi connectivity index (χ0) is 29.4. The van der Waals surface area contributed by atoms with Crippen molar-refractivity contribution in [2.24, 2.45) is 13.0 Å². The Morgan fingerprint density at radius 3 is 2.38 bits per heavy atom. The molecule has 1 aromatic carbocycles. The fourth-order valence-corrected chi connectivity index (χ4v) is 4.45. The molecule has 1 aliphatic rings. The first-order valence-corrected chi connectivity index (χ1v) is 11.9. The molecule has 2 aromatic heterocycles. The molecular formula is C24H22F9N5O2. The Bertz CT molecular complexity index is 1380. The summed E-state index contributed by atoms with van der Waals surface area (Å²) in [5.41, 5.74) is -2.77. The molecule has 7 nitrogen and oxygen atoms in total. The normalized spacial score (nSPS) is 18.3. The standard InChI is InChI=1S/C24H22F9N5O2/c1-38-19-16(35-22(38)36-18-14(24(31,32)33)3-2-4-15(18)25)9-13(21(37-19)40-10-17(26)27)20(39)34-12-7-5-11(6-8-12)23(28,29)30/h2-4,9,11-12,17H,5-8,10H2,1H3,(H,34,39)(H,35,36). The van der Waals surface area contributed by atoms with Crippen LogP contribution in [0.4, 0.5) is 51.1 Å². The number of hydrogen-bond acceptors (Lipinski definition) is 5. The largest absolute Gasteiger partial charge is 0.471 e. The van der Waals surface area contributed by atoms with Crippen molar-refractivity contribution in [3.05, 3.63) is 41.2 Å². The third-order valence-electron chi connectivity index (χ3n) is 6.48. The number of rotatable bonds is 7. The van der Waals surface area contributed by atoms with Gasteiger partial charge in [0.05, 0.1) is 17.2 Å². The summed E-state index contributed by atoms with van der Waals surface area (Å²) in [6.45, 7) is -1.15. The van der Waals surface area contributed by atoms with Crippen molar-refractivity contribution in [3.8, 4) is 5.88 Å². The van der Waals surface area contributed by atoms with Crippen LogP contribution in [-0.4, -0.2) is 45.7 Å². The van der Waals surface area contributed by atoms with E-state index >= 15 is 0 Å². The van der Waals surface area contributed by atoms with Gasteiger partial charge in [0.1, 0.15) is 16.9 Å². The van der Waals surface area contributed by atoms with Gasteiger partial charge in [-0.25, -0.2) is 18.2 Å². The summed E-state index contributed by atoms with van der Waals surface area (Å²) >= 11 is 0. The fourth-order valence-electron chi connectivity index (χ4n) is 4.45. The lowest BCUT2D eigenvalue weighted by molar-refractivity contribution is -0.182. The predicted octanol–water partition coefficient (Wildman–Crippen LogP) is 6.36. The van der Waals surface area contributed by atoms with Gasteiger partial charge in [0.2, 0.25) is 11.8 Å². The Kier molecular flexibility index (Phi) is 8.08. The van der Waals surface area contributed by atoms with E-state index in [2.05, 4.69) is 20.6 Å². The topological polar surface area (TPSA) is 81.1 Å². The van der Waals surface area contributed by atoms with E-state index in [0.717, 1.165) is 22.8 Å². The molecule has 2 N–H and O–H groups in total. The number of benzene rings is 1. The van der Waals surface area contributed by atoms with E-state index in [1.807, 2.05) is 0 Å². The molecule has 0 spiro atoms. The van der Waals surface area contributed by atoms with Crippen LogP contribution in [0.5, 0.6) is 5.88 Å². The van der Waals surface area contributed by atoms with E-state index in [-0.39, 0.29) is 48.4 Å². The molecule has 218 valence electrons. The Morgan fingerprint density at radius 1 is 1.10 bits per heavy atom. The molecule has 0 radical (unpaired) electrons. The van der Waals surface area contributed by atoms with Crippen LogP contribution in [0.1, 0.15) is 41.6 Å². The Balaban J connectivity index is 1.65. The van der Waals surface area contributed by atoms with Crippen LogP contribution in [0.3, 0.4) is 0 Å². The number of aryl methyl sites for hydroxylation is 1.